The van der Waals surface area contributed by atoms with Crippen molar-refractivity contribution in [1.82, 2.24) is 0 Å². The minimum Gasteiger partial charge on any atom is -0.725 e. The fraction of sp³-hybridized carbons (Fsp3) is 0. The Morgan fingerprint density at radius 2 is 2.14 bits per heavy atom. The highest BCUT2D eigenvalue weighted by Crippen LogP contribution is 2.05. The summed E-state index contributed by atoms with van der Waals surface area (Å²) < 4.78 is 0. The first-order valence-electron chi connectivity index (χ1n) is 1.49. The van der Waals surface area contributed by atoms with E-state index in [0.29, 0.717) is 0 Å². The molecule has 0 aromatic carbocycles. The Bertz CT molecular complexity index is 81.0. The summed E-state index contributed by atoms with van der Waals surface area (Å²) in [4.78, 5) is 0. The van der Waals surface area contributed by atoms with Gasteiger partial charge in [-0.3, -0.25) is 18.3 Å². The van der Waals surface area contributed by atoms with E-state index < -0.39 is 6.29 Å². The zero-order chi connectivity index (χ0) is 5.86. The van der Waals surface area contributed by atoms with E-state index in [1.165, 1.54) is 0 Å². The van der Waals surface area contributed by atoms with Gasteiger partial charge in [0, 0.05) is 6.29 Å². The standard InChI is InChI=1S/C3H5NO2S/c4-2(1-7)3(5)6/h1,4-7H/q-2. The van der Waals surface area contributed by atoms with Crippen molar-refractivity contribution in [2.75, 3.05) is 0 Å². The molecular weight excluding hydrogens is 114 g/mol. The van der Waals surface area contributed by atoms with Crippen LogP contribution in [0.5, 0.6) is 0 Å². The molecule has 0 aliphatic carbocycles. The second kappa shape index (κ2) is 2.79. The van der Waals surface area contributed by atoms with Crippen LogP contribution in [0.4, 0.5) is 0 Å². The normalized spacial score (nSPS) is 11.6. The molecule has 0 rings (SSSR count). The van der Waals surface area contributed by atoms with Crippen LogP contribution in [-0.2, 0) is 0 Å². The van der Waals surface area contributed by atoms with Gasteiger partial charge in [-0.1, -0.05) is 0 Å². The van der Waals surface area contributed by atoms with E-state index in [4.69, 9.17) is 15.9 Å². The SMILES string of the molecule is [NH-]C(=CS)[C-](O)O. The Labute approximate surface area is 46.9 Å². The van der Waals surface area contributed by atoms with Crippen molar-refractivity contribution in [3.05, 3.63) is 23.1 Å². The predicted octanol–water partition coefficient (Wildman–Crippen LogP) is 1.04. The maximum Gasteiger partial charge on any atom is 0.00190 e. The van der Waals surface area contributed by atoms with Crippen molar-refractivity contribution in [2.45, 2.75) is 0 Å². The van der Waals surface area contributed by atoms with Gasteiger partial charge in [0.2, 0.25) is 0 Å². The van der Waals surface area contributed by atoms with E-state index in [1.54, 1.807) is 0 Å². The largest absolute Gasteiger partial charge is 0.725 e. The Kier molecular flexibility index (Phi) is 2.66. The van der Waals surface area contributed by atoms with E-state index in [1.807, 2.05) is 0 Å². The number of nitrogens with one attached hydrogen (secondary N) is 1. The number of thiol groups is 1. The Hall–Kier alpha value is -0.320. The zero-order valence-corrected chi connectivity index (χ0v) is 4.31. The van der Waals surface area contributed by atoms with Crippen LogP contribution >= 0.6 is 12.6 Å². The monoisotopic (exact) mass is 119 g/mol. The van der Waals surface area contributed by atoms with E-state index in [-0.39, 0.29) is 5.70 Å². The highest BCUT2D eigenvalue weighted by Gasteiger charge is 1.74. The first kappa shape index (κ1) is 6.68. The van der Waals surface area contributed by atoms with Gasteiger partial charge in [-0.05, 0) is 0 Å². The molecule has 0 aliphatic heterocycles. The van der Waals surface area contributed by atoms with Crippen LogP contribution in [0.15, 0.2) is 11.1 Å². The summed E-state index contributed by atoms with van der Waals surface area (Å²) in [6, 6.07) is 0. The molecule has 42 valence electrons. The second-order valence-corrected chi connectivity index (χ2v) is 1.12. The highest BCUT2D eigenvalue weighted by molar-refractivity contribution is 7.83. The number of rotatable bonds is 1. The van der Waals surface area contributed by atoms with E-state index in [2.05, 4.69) is 12.6 Å². The molecule has 0 amide bonds. The highest BCUT2D eigenvalue weighted by atomic mass is 32.1. The fourth-order valence-corrected chi connectivity index (χ4v) is 0.173. The van der Waals surface area contributed by atoms with Gasteiger partial charge in [-0.25, -0.2) is 0 Å². The van der Waals surface area contributed by atoms with Gasteiger partial charge in [0.25, 0.3) is 0 Å². The Morgan fingerprint density at radius 1 is 1.71 bits per heavy atom. The van der Waals surface area contributed by atoms with Crippen LogP contribution in [0, 0.1) is 6.29 Å². The van der Waals surface area contributed by atoms with Crippen molar-refractivity contribution in [2.24, 2.45) is 0 Å². The average molecular weight is 119 g/mol. The van der Waals surface area contributed by atoms with Crippen molar-refractivity contribution in [3.63, 3.8) is 0 Å². The number of aliphatic hydroxyl groups is 2. The molecule has 0 heterocycles. The quantitative estimate of drug-likeness (QED) is 0.356. The summed E-state index contributed by atoms with van der Waals surface area (Å²) in [5.41, 5.74) is 6.14. The number of hydrogen-bond acceptors (Lipinski definition) is 3. The molecule has 0 aromatic heterocycles. The maximum atomic E-state index is 7.99. The lowest BCUT2D eigenvalue weighted by atomic mass is 10.5. The van der Waals surface area contributed by atoms with Gasteiger partial charge in [0.15, 0.2) is 0 Å². The van der Waals surface area contributed by atoms with Crippen LogP contribution in [0.3, 0.4) is 0 Å². The maximum absolute atomic E-state index is 7.99. The Balaban J connectivity index is 3.56. The van der Waals surface area contributed by atoms with Crippen molar-refractivity contribution < 1.29 is 10.2 Å². The van der Waals surface area contributed by atoms with E-state index in [9.17, 15) is 0 Å². The molecule has 0 saturated carbocycles. The molecule has 0 unspecified atom stereocenters. The van der Waals surface area contributed by atoms with Gasteiger partial charge >= 0.3 is 0 Å². The van der Waals surface area contributed by atoms with Crippen LogP contribution in [0.25, 0.3) is 5.73 Å². The van der Waals surface area contributed by atoms with E-state index in [0.717, 1.165) is 5.41 Å². The van der Waals surface area contributed by atoms with Crippen LogP contribution in [-0.4, -0.2) is 10.2 Å². The molecule has 0 aromatic rings. The third-order valence-corrected chi connectivity index (χ3v) is 0.628. The molecule has 0 aliphatic rings. The van der Waals surface area contributed by atoms with Gasteiger partial charge < -0.3 is 15.9 Å². The number of hydrogen-bond donors (Lipinski definition) is 3. The van der Waals surface area contributed by atoms with Gasteiger partial charge in [-0.2, -0.15) is 5.41 Å². The molecule has 0 atom stereocenters. The second-order valence-electron chi connectivity index (χ2n) is 0.866. The number of aliphatic hydroxyl groups excluding tert-OH is 1. The smallest absolute Gasteiger partial charge is 0.00190 e. The molecule has 0 spiro atoms. The molecular formula is C3H5NO2S-2. The van der Waals surface area contributed by atoms with Gasteiger partial charge in [0.1, 0.15) is 0 Å². The molecule has 0 bridgehead atoms. The molecule has 4 heteroatoms. The topological polar surface area (TPSA) is 64.3 Å². The molecule has 3 nitrogen and oxygen atoms in total. The first-order valence-corrected chi connectivity index (χ1v) is 2.01. The van der Waals surface area contributed by atoms with Crippen LogP contribution in [0.2, 0.25) is 0 Å². The summed E-state index contributed by atoms with van der Waals surface area (Å²) in [5.74, 6) is 0. The van der Waals surface area contributed by atoms with Crippen LogP contribution in [0.1, 0.15) is 0 Å². The molecule has 0 saturated heterocycles. The third-order valence-electron chi connectivity index (χ3n) is 0.370. The molecule has 0 fully saturated rings. The summed E-state index contributed by atoms with van der Waals surface area (Å²) in [7, 11) is 0. The Morgan fingerprint density at radius 3 is 2.14 bits per heavy atom. The molecule has 0 radical (unpaired) electrons. The molecule has 3 N–H and O–H groups in total. The summed E-state index contributed by atoms with van der Waals surface area (Å²) in [6.45, 7) is 0. The summed E-state index contributed by atoms with van der Waals surface area (Å²) >= 11 is 3.46. The average Bonchev–Trinajstić information content (AvgIpc) is 1.65. The third kappa shape index (κ3) is 2.38. The minimum absolute atomic E-state index is 0.386. The van der Waals surface area contributed by atoms with Crippen molar-refractivity contribution in [1.29, 1.82) is 0 Å². The summed E-state index contributed by atoms with van der Waals surface area (Å²) in [6.07, 6.45) is -1.00. The van der Waals surface area contributed by atoms with E-state index >= 15 is 0 Å². The van der Waals surface area contributed by atoms with Gasteiger partial charge in [0.05, 0.1) is 0 Å². The lowest BCUT2D eigenvalue weighted by molar-refractivity contribution is 0.109. The van der Waals surface area contributed by atoms with Crippen molar-refractivity contribution >= 4 is 12.6 Å². The summed E-state index contributed by atoms with van der Waals surface area (Å²) in [5, 5.41) is 17.0. The van der Waals surface area contributed by atoms with Crippen LogP contribution < -0.4 is 0 Å². The van der Waals surface area contributed by atoms with Crippen molar-refractivity contribution in [3.8, 4) is 0 Å². The lowest BCUT2D eigenvalue weighted by Gasteiger charge is -2.20. The molecule has 7 heavy (non-hydrogen) atoms. The zero-order valence-electron chi connectivity index (χ0n) is 3.42. The minimum atomic E-state index is -1.00. The fourth-order valence-electron chi connectivity index (χ4n) is 0.0577. The first-order chi connectivity index (χ1) is 3.18. The van der Waals surface area contributed by atoms with Gasteiger partial charge in [-0.15, -0.1) is 0 Å². The lowest BCUT2D eigenvalue weighted by Crippen LogP contribution is -1.91. The predicted molar refractivity (Wildman–Crippen MR) is 28.5 cm³/mol.